The first-order valence-corrected chi connectivity index (χ1v) is 6.32. The Morgan fingerprint density at radius 2 is 1.94 bits per heavy atom. The Morgan fingerprint density at radius 1 is 1.31 bits per heavy atom. The molecule has 1 heterocycles. The molecule has 1 aromatic heterocycles. The third-order valence-electron chi connectivity index (χ3n) is 3.85. The van der Waals surface area contributed by atoms with E-state index in [9.17, 15) is 0 Å². The standard InChI is InChI=1S/C12H21N3O/c1-3-12(13,4-2)11-14-10(15-16-11)9-7-5-6-8-9/h9H,3-8,13H2,1-2H3. The van der Waals surface area contributed by atoms with Crippen LogP contribution in [0, 0.1) is 0 Å². The highest BCUT2D eigenvalue weighted by atomic mass is 16.5. The van der Waals surface area contributed by atoms with E-state index in [0.29, 0.717) is 11.8 Å². The number of hydrogen-bond acceptors (Lipinski definition) is 4. The van der Waals surface area contributed by atoms with Crippen molar-refractivity contribution < 1.29 is 4.52 Å². The van der Waals surface area contributed by atoms with E-state index < -0.39 is 5.54 Å². The van der Waals surface area contributed by atoms with Crippen LogP contribution < -0.4 is 5.73 Å². The SMILES string of the molecule is CCC(N)(CC)c1nc(C2CCCC2)no1. The van der Waals surface area contributed by atoms with Crippen molar-refractivity contribution in [3.63, 3.8) is 0 Å². The van der Waals surface area contributed by atoms with Crippen LogP contribution in [0.3, 0.4) is 0 Å². The van der Waals surface area contributed by atoms with Gasteiger partial charge in [-0.05, 0) is 25.7 Å². The average molecular weight is 223 g/mol. The first kappa shape index (κ1) is 11.6. The normalized spacial score (nSPS) is 18.2. The minimum atomic E-state index is -0.441. The monoisotopic (exact) mass is 223 g/mol. The molecule has 2 N–H and O–H groups in total. The second-order valence-corrected chi connectivity index (χ2v) is 4.80. The summed E-state index contributed by atoms with van der Waals surface area (Å²) in [7, 11) is 0. The van der Waals surface area contributed by atoms with Gasteiger partial charge in [0.1, 0.15) is 0 Å². The van der Waals surface area contributed by atoms with Crippen LogP contribution in [0.5, 0.6) is 0 Å². The number of nitrogens with zero attached hydrogens (tertiary/aromatic N) is 2. The van der Waals surface area contributed by atoms with Crippen molar-refractivity contribution in [1.29, 1.82) is 0 Å². The first-order valence-electron chi connectivity index (χ1n) is 6.32. The molecule has 0 atom stereocenters. The van der Waals surface area contributed by atoms with Crippen molar-refractivity contribution >= 4 is 0 Å². The lowest BCUT2D eigenvalue weighted by Gasteiger charge is -2.20. The molecule has 1 aliphatic carbocycles. The minimum absolute atomic E-state index is 0.441. The summed E-state index contributed by atoms with van der Waals surface area (Å²) < 4.78 is 5.34. The van der Waals surface area contributed by atoms with Crippen molar-refractivity contribution in [3.05, 3.63) is 11.7 Å². The fourth-order valence-electron chi connectivity index (χ4n) is 2.34. The Morgan fingerprint density at radius 3 is 2.50 bits per heavy atom. The summed E-state index contributed by atoms with van der Waals surface area (Å²) in [6.07, 6.45) is 6.60. The van der Waals surface area contributed by atoms with Crippen molar-refractivity contribution in [2.24, 2.45) is 5.73 Å². The Labute approximate surface area is 96.6 Å². The topological polar surface area (TPSA) is 64.9 Å². The van der Waals surface area contributed by atoms with Crippen LogP contribution in [0.4, 0.5) is 0 Å². The number of rotatable bonds is 4. The van der Waals surface area contributed by atoms with Crippen LogP contribution in [0.2, 0.25) is 0 Å². The second-order valence-electron chi connectivity index (χ2n) is 4.80. The molecule has 4 nitrogen and oxygen atoms in total. The molecule has 1 fully saturated rings. The van der Waals surface area contributed by atoms with Gasteiger partial charge in [0.25, 0.3) is 0 Å². The van der Waals surface area contributed by atoms with E-state index in [1.54, 1.807) is 0 Å². The van der Waals surface area contributed by atoms with Gasteiger partial charge in [0.15, 0.2) is 5.82 Å². The molecule has 0 aliphatic heterocycles. The molecule has 0 spiro atoms. The lowest BCUT2D eigenvalue weighted by molar-refractivity contribution is 0.266. The zero-order valence-corrected chi connectivity index (χ0v) is 10.2. The maximum atomic E-state index is 6.23. The number of hydrogen-bond donors (Lipinski definition) is 1. The van der Waals surface area contributed by atoms with E-state index >= 15 is 0 Å². The molecule has 90 valence electrons. The summed E-state index contributed by atoms with van der Waals surface area (Å²) in [6.45, 7) is 4.12. The van der Waals surface area contributed by atoms with E-state index in [0.717, 1.165) is 18.7 Å². The summed E-state index contributed by atoms with van der Waals surface area (Å²) >= 11 is 0. The van der Waals surface area contributed by atoms with Gasteiger partial charge in [0, 0.05) is 5.92 Å². The Bertz CT molecular complexity index is 338. The van der Waals surface area contributed by atoms with Crippen LogP contribution in [-0.4, -0.2) is 10.1 Å². The molecule has 0 unspecified atom stereocenters. The molecule has 1 aliphatic rings. The van der Waals surface area contributed by atoms with Crippen LogP contribution in [0.15, 0.2) is 4.52 Å². The molecule has 16 heavy (non-hydrogen) atoms. The van der Waals surface area contributed by atoms with Gasteiger partial charge in [-0.25, -0.2) is 0 Å². The Balaban J connectivity index is 2.17. The van der Waals surface area contributed by atoms with E-state index in [2.05, 4.69) is 24.0 Å². The van der Waals surface area contributed by atoms with Gasteiger partial charge in [-0.2, -0.15) is 4.98 Å². The summed E-state index contributed by atoms with van der Waals surface area (Å²) in [5.41, 5.74) is 5.79. The Hall–Kier alpha value is -0.900. The number of aromatic nitrogens is 2. The van der Waals surface area contributed by atoms with E-state index in [4.69, 9.17) is 10.3 Å². The van der Waals surface area contributed by atoms with E-state index in [1.807, 2.05) is 0 Å². The zero-order valence-electron chi connectivity index (χ0n) is 10.2. The van der Waals surface area contributed by atoms with Gasteiger partial charge in [0.05, 0.1) is 5.54 Å². The molecule has 1 saturated carbocycles. The molecule has 0 amide bonds. The molecule has 0 saturated heterocycles. The fourth-order valence-corrected chi connectivity index (χ4v) is 2.34. The predicted molar refractivity (Wildman–Crippen MR) is 62.0 cm³/mol. The quantitative estimate of drug-likeness (QED) is 0.852. The molecule has 0 radical (unpaired) electrons. The van der Waals surface area contributed by atoms with Gasteiger partial charge in [-0.1, -0.05) is 31.8 Å². The van der Waals surface area contributed by atoms with Crippen LogP contribution in [0.1, 0.15) is 70.0 Å². The molecule has 0 aromatic carbocycles. The zero-order chi connectivity index (χ0) is 11.6. The van der Waals surface area contributed by atoms with Crippen LogP contribution in [0.25, 0.3) is 0 Å². The van der Waals surface area contributed by atoms with Crippen molar-refractivity contribution in [2.45, 2.75) is 63.8 Å². The molecule has 2 rings (SSSR count). The smallest absolute Gasteiger partial charge is 0.246 e. The first-order chi connectivity index (χ1) is 7.69. The third kappa shape index (κ3) is 1.98. The van der Waals surface area contributed by atoms with Crippen molar-refractivity contribution in [1.82, 2.24) is 10.1 Å². The largest absolute Gasteiger partial charge is 0.337 e. The summed E-state index contributed by atoms with van der Waals surface area (Å²) in [5.74, 6) is 1.97. The second kappa shape index (κ2) is 4.53. The minimum Gasteiger partial charge on any atom is -0.337 e. The Kier molecular flexibility index (Phi) is 3.28. The highest BCUT2D eigenvalue weighted by Crippen LogP contribution is 2.33. The predicted octanol–water partition coefficient (Wildman–Crippen LogP) is 2.70. The van der Waals surface area contributed by atoms with Crippen LogP contribution in [-0.2, 0) is 5.54 Å². The van der Waals surface area contributed by atoms with Gasteiger partial charge in [-0.15, -0.1) is 0 Å². The molecule has 1 aromatic rings. The van der Waals surface area contributed by atoms with Crippen molar-refractivity contribution in [2.75, 3.05) is 0 Å². The third-order valence-corrected chi connectivity index (χ3v) is 3.85. The van der Waals surface area contributed by atoms with Gasteiger partial charge < -0.3 is 10.3 Å². The summed E-state index contributed by atoms with van der Waals surface area (Å²) in [6, 6.07) is 0. The average Bonchev–Trinajstić information content (AvgIpc) is 2.97. The molecule has 4 heteroatoms. The number of nitrogens with two attached hydrogens (primary N) is 1. The molecular weight excluding hydrogens is 202 g/mol. The maximum Gasteiger partial charge on any atom is 0.246 e. The van der Waals surface area contributed by atoms with Crippen LogP contribution >= 0.6 is 0 Å². The summed E-state index contributed by atoms with van der Waals surface area (Å²) in [4.78, 5) is 4.50. The van der Waals surface area contributed by atoms with Crippen molar-refractivity contribution in [3.8, 4) is 0 Å². The fraction of sp³-hybridized carbons (Fsp3) is 0.833. The van der Waals surface area contributed by atoms with E-state index in [-0.39, 0.29) is 0 Å². The van der Waals surface area contributed by atoms with E-state index in [1.165, 1.54) is 25.7 Å². The highest BCUT2D eigenvalue weighted by molar-refractivity contribution is 5.05. The van der Waals surface area contributed by atoms with Gasteiger partial charge in [-0.3, -0.25) is 0 Å². The van der Waals surface area contributed by atoms with Gasteiger partial charge in [0.2, 0.25) is 5.89 Å². The lowest BCUT2D eigenvalue weighted by Crippen LogP contribution is -2.35. The molecular formula is C12H21N3O. The summed E-state index contributed by atoms with van der Waals surface area (Å²) in [5, 5.41) is 4.09. The van der Waals surface area contributed by atoms with Gasteiger partial charge >= 0.3 is 0 Å². The lowest BCUT2D eigenvalue weighted by atomic mass is 9.94. The highest BCUT2D eigenvalue weighted by Gasteiger charge is 2.31. The maximum absolute atomic E-state index is 6.23. The molecule has 0 bridgehead atoms.